The molecule has 0 aliphatic carbocycles. The number of aryl methyl sites for hydroxylation is 1. The third-order valence-electron chi connectivity index (χ3n) is 3.70. The molecule has 0 atom stereocenters. The molecular formula is C17H18N6O3. The van der Waals surface area contributed by atoms with Crippen LogP contribution in [0.2, 0.25) is 0 Å². The van der Waals surface area contributed by atoms with Gasteiger partial charge in [-0.05, 0) is 30.3 Å². The van der Waals surface area contributed by atoms with Crippen LogP contribution in [0.1, 0.15) is 10.5 Å². The van der Waals surface area contributed by atoms with E-state index >= 15 is 0 Å². The Morgan fingerprint density at radius 3 is 2.62 bits per heavy atom. The van der Waals surface area contributed by atoms with Crippen LogP contribution < -0.4 is 15.6 Å². The normalized spacial score (nSPS) is 10.5. The van der Waals surface area contributed by atoms with E-state index in [-0.39, 0.29) is 30.2 Å². The Bertz CT molecular complexity index is 961. The van der Waals surface area contributed by atoms with Crippen LogP contribution in [0, 0.1) is 0 Å². The Kier molecular flexibility index (Phi) is 5.07. The van der Waals surface area contributed by atoms with Crippen LogP contribution in [-0.2, 0) is 13.6 Å². The number of aromatic nitrogens is 5. The van der Waals surface area contributed by atoms with Gasteiger partial charge in [-0.2, -0.15) is 5.10 Å². The van der Waals surface area contributed by atoms with E-state index in [0.717, 1.165) is 11.3 Å². The molecule has 3 rings (SSSR count). The number of ether oxygens (including phenoxy) is 1. The number of nitrogens with zero attached hydrogens (tertiary/aromatic N) is 5. The predicted molar refractivity (Wildman–Crippen MR) is 93.8 cm³/mol. The molecule has 0 saturated carbocycles. The average molecular weight is 354 g/mol. The smallest absolute Gasteiger partial charge is 0.273 e. The minimum atomic E-state index is -0.350. The van der Waals surface area contributed by atoms with Gasteiger partial charge in [0.05, 0.1) is 25.5 Å². The fourth-order valence-electron chi connectivity index (χ4n) is 2.34. The van der Waals surface area contributed by atoms with Crippen molar-refractivity contribution >= 4 is 5.91 Å². The molecule has 0 aliphatic heterocycles. The number of hydrogen-bond donors (Lipinski definition) is 1. The van der Waals surface area contributed by atoms with Crippen LogP contribution in [-0.4, -0.2) is 44.3 Å². The zero-order chi connectivity index (χ0) is 18.5. The molecule has 0 saturated heterocycles. The van der Waals surface area contributed by atoms with Gasteiger partial charge in [-0.1, -0.05) is 5.21 Å². The van der Waals surface area contributed by atoms with Crippen LogP contribution in [0.25, 0.3) is 11.3 Å². The molecule has 0 fully saturated rings. The molecule has 0 bridgehead atoms. The van der Waals surface area contributed by atoms with Gasteiger partial charge in [0.1, 0.15) is 5.75 Å². The van der Waals surface area contributed by atoms with Crippen molar-refractivity contribution in [3.63, 3.8) is 0 Å². The summed E-state index contributed by atoms with van der Waals surface area (Å²) in [4.78, 5) is 23.9. The molecule has 3 aromatic rings. The van der Waals surface area contributed by atoms with Crippen LogP contribution in [0.3, 0.4) is 0 Å². The first kappa shape index (κ1) is 17.3. The summed E-state index contributed by atoms with van der Waals surface area (Å²) in [7, 11) is 3.28. The summed E-state index contributed by atoms with van der Waals surface area (Å²) >= 11 is 0. The van der Waals surface area contributed by atoms with Gasteiger partial charge in [0.2, 0.25) is 0 Å². The van der Waals surface area contributed by atoms with Crippen molar-refractivity contribution in [2.24, 2.45) is 7.05 Å². The molecule has 0 spiro atoms. The third-order valence-corrected chi connectivity index (χ3v) is 3.70. The van der Waals surface area contributed by atoms with E-state index in [4.69, 9.17) is 4.74 Å². The molecule has 0 aliphatic rings. The number of benzene rings is 1. The highest BCUT2D eigenvalue weighted by atomic mass is 16.5. The second-order valence-electron chi connectivity index (χ2n) is 5.54. The number of rotatable bonds is 6. The highest BCUT2D eigenvalue weighted by Crippen LogP contribution is 2.19. The van der Waals surface area contributed by atoms with Crippen LogP contribution in [0.15, 0.2) is 47.4 Å². The van der Waals surface area contributed by atoms with Crippen molar-refractivity contribution in [3.05, 3.63) is 58.6 Å². The first-order valence-corrected chi connectivity index (χ1v) is 7.94. The largest absolute Gasteiger partial charge is 0.497 e. The second kappa shape index (κ2) is 7.60. The van der Waals surface area contributed by atoms with Gasteiger partial charge in [0.15, 0.2) is 5.69 Å². The summed E-state index contributed by atoms with van der Waals surface area (Å²) in [6.07, 6.45) is 1.52. The topological polar surface area (TPSA) is 104 Å². The maximum absolute atomic E-state index is 12.0. The van der Waals surface area contributed by atoms with Crippen LogP contribution >= 0.6 is 0 Å². The van der Waals surface area contributed by atoms with Crippen LogP contribution in [0.4, 0.5) is 0 Å². The quantitative estimate of drug-likeness (QED) is 0.690. The van der Waals surface area contributed by atoms with Gasteiger partial charge in [0.25, 0.3) is 11.5 Å². The molecule has 134 valence electrons. The fraction of sp³-hybridized carbons (Fsp3) is 0.235. The summed E-state index contributed by atoms with van der Waals surface area (Å²) in [6, 6.07) is 10.5. The minimum Gasteiger partial charge on any atom is -0.497 e. The van der Waals surface area contributed by atoms with Crippen molar-refractivity contribution in [2.45, 2.75) is 6.54 Å². The number of methoxy groups -OCH3 is 1. The zero-order valence-electron chi connectivity index (χ0n) is 14.4. The monoisotopic (exact) mass is 354 g/mol. The van der Waals surface area contributed by atoms with Gasteiger partial charge >= 0.3 is 0 Å². The van der Waals surface area contributed by atoms with E-state index in [1.165, 1.54) is 21.6 Å². The SMILES string of the molecule is COc1ccc(-c2ccc(=O)n(CCNC(=O)c3cn(C)nn3)n2)cc1. The van der Waals surface area contributed by atoms with Crippen molar-refractivity contribution in [3.8, 4) is 17.0 Å². The van der Waals surface area contributed by atoms with Crippen molar-refractivity contribution < 1.29 is 9.53 Å². The second-order valence-corrected chi connectivity index (χ2v) is 5.54. The molecule has 1 N–H and O–H groups in total. The van der Waals surface area contributed by atoms with Gasteiger partial charge in [-0.25, -0.2) is 4.68 Å². The molecule has 9 nitrogen and oxygen atoms in total. The lowest BCUT2D eigenvalue weighted by molar-refractivity contribution is 0.0946. The number of carbonyl (C=O) groups is 1. The van der Waals surface area contributed by atoms with E-state index in [9.17, 15) is 9.59 Å². The molecule has 9 heteroatoms. The summed E-state index contributed by atoms with van der Waals surface area (Å²) in [5, 5.41) is 14.5. The van der Waals surface area contributed by atoms with Crippen molar-refractivity contribution in [1.29, 1.82) is 0 Å². The predicted octanol–water partition coefficient (Wildman–Crippen LogP) is 0.477. The molecule has 1 aromatic carbocycles. The Morgan fingerprint density at radius 1 is 1.19 bits per heavy atom. The van der Waals surface area contributed by atoms with Gasteiger partial charge in [0, 0.05) is 25.2 Å². The average Bonchev–Trinajstić information content (AvgIpc) is 3.10. The first-order chi connectivity index (χ1) is 12.6. The number of nitrogens with one attached hydrogen (secondary N) is 1. The highest BCUT2D eigenvalue weighted by molar-refractivity contribution is 5.91. The third kappa shape index (κ3) is 3.94. The fourth-order valence-corrected chi connectivity index (χ4v) is 2.34. The van der Waals surface area contributed by atoms with Crippen LogP contribution in [0.5, 0.6) is 5.75 Å². The maximum atomic E-state index is 12.0. The van der Waals surface area contributed by atoms with E-state index in [2.05, 4.69) is 20.7 Å². The summed E-state index contributed by atoms with van der Waals surface area (Å²) in [5.74, 6) is 0.395. The first-order valence-electron chi connectivity index (χ1n) is 7.94. The van der Waals surface area contributed by atoms with Gasteiger partial charge in [-0.15, -0.1) is 5.10 Å². The van der Waals surface area contributed by atoms with E-state index in [1.807, 2.05) is 24.3 Å². The Balaban J connectivity index is 1.67. The Morgan fingerprint density at radius 2 is 1.96 bits per heavy atom. The molecular weight excluding hydrogens is 336 g/mol. The van der Waals surface area contributed by atoms with E-state index < -0.39 is 0 Å². The lowest BCUT2D eigenvalue weighted by Gasteiger charge is -2.08. The molecule has 0 unspecified atom stereocenters. The van der Waals surface area contributed by atoms with Crippen molar-refractivity contribution in [1.82, 2.24) is 30.1 Å². The maximum Gasteiger partial charge on any atom is 0.273 e. The van der Waals surface area contributed by atoms with Gasteiger partial charge < -0.3 is 10.1 Å². The standard InChI is InChI=1S/C17H18N6O3/c1-22-11-15(19-21-22)17(25)18-9-10-23-16(24)8-7-14(20-23)12-3-5-13(26-2)6-4-12/h3-8,11H,9-10H2,1-2H3,(H,18,25). The lowest BCUT2D eigenvalue weighted by Crippen LogP contribution is -2.32. The zero-order valence-corrected chi connectivity index (χ0v) is 14.4. The number of amides is 1. The summed E-state index contributed by atoms with van der Waals surface area (Å²) < 4.78 is 7.89. The Labute approximate surface area is 149 Å². The minimum absolute atomic E-state index is 0.222. The van der Waals surface area contributed by atoms with Crippen molar-refractivity contribution in [2.75, 3.05) is 13.7 Å². The molecule has 2 heterocycles. The van der Waals surface area contributed by atoms with E-state index in [1.54, 1.807) is 20.2 Å². The van der Waals surface area contributed by atoms with E-state index in [0.29, 0.717) is 5.69 Å². The van der Waals surface area contributed by atoms with Gasteiger partial charge in [-0.3, -0.25) is 14.3 Å². The molecule has 0 radical (unpaired) electrons. The molecule has 1 amide bonds. The summed E-state index contributed by atoms with van der Waals surface area (Å²) in [6.45, 7) is 0.489. The molecule has 26 heavy (non-hydrogen) atoms. The highest BCUT2D eigenvalue weighted by Gasteiger charge is 2.09. The lowest BCUT2D eigenvalue weighted by atomic mass is 10.1. The Hall–Kier alpha value is -3.49. The summed E-state index contributed by atoms with van der Waals surface area (Å²) in [5.41, 5.74) is 1.51. The molecule has 2 aromatic heterocycles. The number of carbonyl (C=O) groups excluding carboxylic acids is 1. The number of hydrogen-bond acceptors (Lipinski definition) is 6.